The first-order valence-electron chi connectivity index (χ1n) is 6.46. The lowest BCUT2D eigenvalue weighted by Crippen LogP contribution is -2.10. The van der Waals surface area contributed by atoms with Crippen LogP contribution < -0.4 is 0 Å². The third-order valence-electron chi connectivity index (χ3n) is 3.02. The van der Waals surface area contributed by atoms with Crippen molar-refractivity contribution >= 4 is 0 Å². The molecule has 0 saturated carbocycles. The highest BCUT2D eigenvalue weighted by Gasteiger charge is 2.30. The Balaban J connectivity index is 2.36. The molecule has 0 fully saturated rings. The van der Waals surface area contributed by atoms with Gasteiger partial charge in [-0.15, -0.1) is 0 Å². The highest BCUT2D eigenvalue weighted by Crippen LogP contribution is 2.31. The molecule has 2 aromatic rings. The minimum absolute atomic E-state index is 0.257. The first-order valence-corrected chi connectivity index (χ1v) is 6.46. The van der Waals surface area contributed by atoms with Crippen LogP contribution in [-0.4, -0.2) is 15.0 Å². The number of benzene rings is 1. The fourth-order valence-corrected chi connectivity index (χ4v) is 2.08. The van der Waals surface area contributed by atoms with Crippen LogP contribution in [0.25, 0.3) is 0 Å². The first kappa shape index (κ1) is 14.6. The quantitative estimate of drug-likeness (QED) is 0.858. The molecule has 3 nitrogen and oxygen atoms in total. The van der Waals surface area contributed by atoms with Gasteiger partial charge in [0.2, 0.25) is 0 Å². The molecule has 0 unspecified atom stereocenters. The highest BCUT2D eigenvalue weighted by molar-refractivity contribution is 5.33. The maximum absolute atomic E-state index is 12.8. The van der Waals surface area contributed by atoms with Gasteiger partial charge in [-0.05, 0) is 36.6 Å². The summed E-state index contributed by atoms with van der Waals surface area (Å²) < 4.78 is 38.4. The van der Waals surface area contributed by atoms with E-state index in [9.17, 15) is 13.2 Å². The summed E-state index contributed by atoms with van der Waals surface area (Å²) in [7, 11) is 0. The van der Waals surface area contributed by atoms with Gasteiger partial charge < -0.3 is 0 Å². The number of aryl methyl sites for hydroxylation is 2. The van der Waals surface area contributed by atoms with Gasteiger partial charge in [0, 0.05) is 0 Å². The van der Waals surface area contributed by atoms with Crippen LogP contribution in [0.4, 0.5) is 13.2 Å². The van der Waals surface area contributed by atoms with E-state index in [-0.39, 0.29) is 6.54 Å². The molecular weight excluding hydrogens is 267 g/mol. The minimum atomic E-state index is -4.33. The van der Waals surface area contributed by atoms with E-state index in [1.54, 1.807) is 19.2 Å². The van der Waals surface area contributed by atoms with Gasteiger partial charge in [0.15, 0.2) is 0 Å². The maximum atomic E-state index is 12.8. The average molecular weight is 283 g/mol. The largest absolute Gasteiger partial charge is 0.416 e. The predicted molar refractivity (Wildman–Crippen MR) is 69.3 cm³/mol. The molecule has 0 amide bonds. The Bertz CT molecular complexity index is 588. The normalized spacial score (nSPS) is 11.8. The summed E-state index contributed by atoms with van der Waals surface area (Å²) in [5.41, 5.74) is 1.65. The van der Waals surface area contributed by atoms with Crippen LogP contribution in [0.3, 0.4) is 0 Å². The van der Waals surface area contributed by atoms with Crippen LogP contribution in [-0.2, 0) is 19.1 Å². The number of hydrogen-bond acceptors (Lipinski definition) is 2. The lowest BCUT2D eigenvalue weighted by atomic mass is 10.00. The average Bonchev–Trinajstić information content (AvgIpc) is 2.76. The molecule has 0 aliphatic heterocycles. The lowest BCUT2D eigenvalue weighted by Gasteiger charge is -2.13. The van der Waals surface area contributed by atoms with Crippen molar-refractivity contribution in [3.8, 4) is 0 Å². The highest BCUT2D eigenvalue weighted by atomic mass is 19.4. The van der Waals surface area contributed by atoms with Crippen LogP contribution >= 0.6 is 0 Å². The topological polar surface area (TPSA) is 30.7 Å². The van der Waals surface area contributed by atoms with Gasteiger partial charge in [0.25, 0.3) is 0 Å². The van der Waals surface area contributed by atoms with Crippen molar-refractivity contribution < 1.29 is 13.2 Å². The van der Waals surface area contributed by atoms with Crippen LogP contribution in [0.5, 0.6) is 0 Å². The molecule has 1 aromatic carbocycles. The number of nitrogens with zero attached hydrogens (tertiary/aromatic N) is 3. The van der Waals surface area contributed by atoms with Gasteiger partial charge in [0.05, 0.1) is 24.0 Å². The Hall–Kier alpha value is -1.85. The van der Waals surface area contributed by atoms with Crippen LogP contribution in [0.15, 0.2) is 24.4 Å². The van der Waals surface area contributed by atoms with Gasteiger partial charge in [0.1, 0.15) is 0 Å². The van der Waals surface area contributed by atoms with E-state index in [4.69, 9.17) is 0 Å². The summed E-state index contributed by atoms with van der Waals surface area (Å²) in [6.45, 7) is 4.05. The van der Waals surface area contributed by atoms with E-state index in [0.717, 1.165) is 30.2 Å². The summed E-state index contributed by atoms with van der Waals surface area (Å²) in [6, 6.07) is 3.89. The molecule has 1 heterocycles. The Morgan fingerprint density at radius 3 is 2.50 bits per heavy atom. The summed E-state index contributed by atoms with van der Waals surface area (Å²) in [5.74, 6) is 0. The number of alkyl halides is 3. The third-order valence-corrected chi connectivity index (χ3v) is 3.02. The third kappa shape index (κ3) is 3.37. The second-order valence-corrected chi connectivity index (χ2v) is 4.75. The number of aromatic nitrogens is 3. The summed E-state index contributed by atoms with van der Waals surface area (Å²) in [4.78, 5) is 1.42. The molecule has 0 spiro atoms. The number of halogens is 3. The fourth-order valence-electron chi connectivity index (χ4n) is 2.08. The summed E-state index contributed by atoms with van der Waals surface area (Å²) in [6.07, 6.45) is -1.11. The second kappa shape index (κ2) is 5.64. The Kier molecular flexibility index (Phi) is 4.11. The summed E-state index contributed by atoms with van der Waals surface area (Å²) in [5, 5.41) is 8.15. The van der Waals surface area contributed by atoms with Crippen LogP contribution in [0.2, 0.25) is 0 Å². The van der Waals surface area contributed by atoms with Gasteiger partial charge in [-0.2, -0.15) is 28.2 Å². The van der Waals surface area contributed by atoms with E-state index in [2.05, 4.69) is 10.2 Å². The van der Waals surface area contributed by atoms with Crippen molar-refractivity contribution in [1.82, 2.24) is 15.0 Å². The number of hydrogen-bond donors (Lipinski definition) is 0. The molecule has 1 aromatic heterocycles. The molecule has 20 heavy (non-hydrogen) atoms. The molecule has 2 rings (SSSR count). The van der Waals surface area contributed by atoms with Crippen molar-refractivity contribution in [3.63, 3.8) is 0 Å². The molecule has 108 valence electrons. The molecule has 0 bridgehead atoms. The van der Waals surface area contributed by atoms with Crippen LogP contribution in [0, 0.1) is 6.92 Å². The van der Waals surface area contributed by atoms with Crippen molar-refractivity contribution in [3.05, 3.63) is 46.8 Å². The summed E-state index contributed by atoms with van der Waals surface area (Å²) >= 11 is 0. The minimum Gasteiger partial charge on any atom is -0.180 e. The van der Waals surface area contributed by atoms with Gasteiger partial charge in [-0.3, -0.25) is 0 Å². The SMILES string of the molecule is CCCc1ccc(C(F)(F)F)cc1Cn1ncc(C)n1. The standard InChI is InChI=1S/C14H16F3N3/c1-3-4-11-5-6-13(14(15,16)17)7-12(11)9-20-18-8-10(2)19-20/h5-8H,3-4,9H2,1-2H3. The van der Waals surface area contributed by atoms with E-state index in [1.165, 1.54) is 10.9 Å². The van der Waals surface area contributed by atoms with E-state index in [0.29, 0.717) is 5.56 Å². The zero-order chi connectivity index (χ0) is 14.8. The fraction of sp³-hybridized carbons (Fsp3) is 0.429. The molecule has 6 heteroatoms. The second-order valence-electron chi connectivity index (χ2n) is 4.75. The predicted octanol–water partition coefficient (Wildman–Crippen LogP) is 3.61. The Morgan fingerprint density at radius 2 is 1.95 bits per heavy atom. The van der Waals surface area contributed by atoms with Gasteiger partial charge in [-0.25, -0.2) is 0 Å². The number of rotatable bonds is 4. The zero-order valence-corrected chi connectivity index (χ0v) is 11.4. The Morgan fingerprint density at radius 1 is 1.20 bits per heavy atom. The van der Waals surface area contributed by atoms with Crippen molar-refractivity contribution in [1.29, 1.82) is 0 Å². The van der Waals surface area contributed by atoms with Crippen molar-refractivity contribution in [2.75, 3.05) is 0 Å². The molecular formula is C14H16F3N3. The maximum Gasteiger partial charge on any atom is 0.416 e. The van der Waals surface area contributed by atoms with Crippen molar-refractivity contribution in [2.24, 2.45) is 0 Å². The zero-order valence-electron chi connectivity index (χ0n) is 11.4. The molecule has 0 aliphatic carbocycles. The van der Waals surface area contributed by atoms with Crippen LogP contribution in [0.1, 0.15) is 35.7 Å². The monoisotopic (exact) mass is 283 g/mol. The molecule has 0 radical (unpaired) electrons. The van der Waals surface area contributed by atoms with Crippen molar-refractivity contribution in [2.45, 2.75) is 39.4 Å². The molecule has 0 saturated heterocycles. The lowest BCUT2D eigenvalue weighted by molar-refractivity contribution is -0.137. The molecule has 0 aliphatic rings. The van der Waals surface area contributed by atoms with E-state index in [1.807, 2.05) is 6.92 Å². The van der Waals surface area contributed by atoms with E-state index >= 15 is 0 Å². The molecule has 0 N–H and O–H groups in total. The van der Waals surface area contributed by atoms with Gasteiger partial charge >= 0.3 is 6.18 Å². The smallest absolute Gasteiger partial charge is 0.180 e. The molecule has 0 atom stereocenters. The van der Waals surface area contributed by atoms with Gasteiger partial charge in [-0.1, -0.05) is 19.4 Å². The van der Waals surface area contributed by atoms with E-state index < -0.39 is 11.7 Å². The Labute approximate surface area is 115 Å². The first-order chi connectivity index (χ1) is 9.40.